The van der Waals surface area contributed by atoms with Gasteiger partial charge in [-0.2, -0.15) is 0 Å². The fraction of sp³-hybridized carbons (Fsp3) is 0.722. The fourth-order valence-corrected chi connectivity index (χ4v) is 4.16. The number of aryl methyl sites for hydroxylation is 2. The Labute approximate surface area is 144 Å². The summed E-state index contributed by atoms with van der Waals surface area (Å²) in [5.74, 6) is 0.569. The standard InChI is InChI=1S/C18H31N3OS/c1-5-16-15(4)11-17(23-16)18(22)19-12-14(3)13-21-9-7-20(6-2)8-10-21/h11,14H,5-10,12-13H2,1-4H3,(H,19,22)/t14-/m0/s1. The van der Waals surface area contributed by atoms with Gasteiger partial charge in [-0.15, -0.1) is 11.3 Å². The van der Waals surface area contributed by atoms with E-state index < -0.39 is 0 Å². The summed E-state index contributed by atoms with van der Waals surface area (Å²) in [5, 5.41) is 3.11. The van der Waals surface area contributed by atoms with Gasteiger partial charge in [-0.3, -0.25) is 4.79 Å². The summed E-state index contributed by atoms with van der Waals surface area (Å²) in [6.45, 7) is 16.3. The maximum Gasteiger partial charge on any atom is 0.261 e. The maximum atomic E-state index is 12.3. The van der Waals surface area contributed by atoms with Crippen LogP contribution < -0.4 is 5.32 Å². The summed E-state index contributed by atoms with van der Waals surface area (Å²) in [6.07, 6.45) is 1.00. The van der Waals surface area contributed by atoms with Crippen LogP contribution in [-0.4, -0.2) is 61.5 Å². The summed E-state index contributed by atoms with van der Waals surface area (Å²) < 4.78 is 0. The smallest absolute Gasteiger partial charge is 0.261 e. The second kappa shape index (κ2) is 8.81. The first kappa shape index (κ1) is 18.4. The van der Waals surface area contributed by atoms with Crippen LogP contribution in [0.5, 0.6) is 0 Å². The van der Waals surface area contributed by atoms with Crippen molar-refractivity contribution in [3.8, 4) is 0 Å². The third kappa shape index (κ3) is 5.30. The monoisotopic (exact) mass is 337 g/mol. The molecule has 0 spiro atoms. The minimum atomic E-state index is 0.0838. The molecule has 23 heavy (non-hydrogen) atoms. The van der Waals surface area contributed by atoms with Crippen molar-refractivity contribution in [2.24, 2.45) is 5.92 Å². The predicted octanol–water partition coefficient (Wildman–Crippen LogP) is 2.62. The zero-order valence-electron chi connectivity index (χ0n) is 15.0. The van der Waals surface area contributed by atoms with Gasteiger partial charge in [-0.25, -0.2) is 0 Å². The number of piperazine rings is 1. The van der Waals surface area contributed by atoms with Crippen molar-refractivity contribution in [2.75, 3.05) is 45.8 Å². The predicted molar refractivity (Wildman–Crippen MR) is 98.5 cm³/mol. The molecule has 0 saturated carbocycles. The molecule has 1 aliphatic heterocycles. The van der Waals surface area contributed by atoms with Gasteiger partial charge in [0.25, 0.3) is 5.91 Å². The molecule has 5 heteroatoms. The highest BCUT2D eigenvalue weighted by Crippen LogP contribution is 2.22. The number of carbonyl (C=O) groups is 1. The van der Waals surface area contributed by atoms with Crippen molar-refractivity contribution < 1.29 is 4.79 Å². The highest BCUT2D eigenvalue weighted by atomic mass is 32.1. The van der Waals surface area contributed by atoms with Crippen LogP contribution in [0.1, 0.15) is 40.9 Å². The fourth-order valence-electron chi connectivity index (χ4n) is 3.13. The molecule has 1 aliphatic rings. The van der Waals surface area contributed by atoms with Gasteiger partial charge in [0.05, 0.1) is 4.88 Å². The summed E-state index contributed by atoms with van der Waals surface area (Å²) in [4.78, 5) is 19.5. The van der Waals surface area contributed by atoms with Crippen LogP contribution >= 0.6 is 11.3 Å². The Bertz CT molecular complexity index is 506. The van der Waals surface area contributed by atoms with E-state index in [1.54, 1.807) is 11.3 Å². The van der Waals surface area contributed by atoms with E-state index in [1.165, 1.54) is 23.5 Å². The van der Waals surface area contributed by atoms with Crippen LogP contribution in [0.4, 0.5) is 0 Å². The number of hydrogen-bond acceptors (Lipinski definition) is 4. The van der Waals surface area contributed by atoms with Crippen LogP contribution in [0.25, 0.3) is 0 Å². The normalized spacial score (nSPS) is 18.1. The first-order chi connectivity index (χ1) is 11.0. The van der Waals surface area contributed by atoms with Gasteiger partial charge < -0.3 is 15.1 Å². The number of likely N-dealkylation sites (N-methyl/N-ethyl adjacent to an activating group) is 1. The van der Waals surface area contributed by atoms with Crippen molar-refractivity contribution in [3.63, 3.8) is 0 Å². The molecule has 130 valence electrons. The highest BCUT2D eigenvalue weighted by Gasteiger charge is 2.18. The van der Waals surface area contributed by atoms with Crippen molar-refractivity contribution in [1.29, 1.82) is 0 Å². The first-order valence-electron chi connectivity index (χ1n) is 8.85. The molecule has 1 fully saturated rings. The number of hydrogen-bond donors (Lipinski definition) is 1. The second-order valence-corrected chi connectivity index (χ2v) is 7.76. The summed E-state index contributed by atoms with van der Waals surface area (Å²) in [5.41, 5.74) is 1.24. The van der Waals surface area contributed by atoms with Crippen molar-refractivity contribution in [3.05, 3.63) is 21.4 Å². The van der Waals surface area contributed by atoms with Gasteiger partial charge >= 0.3 is 0 Å². The summed E-state index contributed by atoms with van der Waals surface area (Å²) in [7, 11) is 0. The Hall–Kier alpha value is -0.910. The molecule has 1 atom stereocenters. The first-order valence-corrected chi connectivity index (χ1v) is 9.67. The lowest BCUT2D eigenvalue weighted by Crippen LogP contribution is -2.48. The zero-order chi connectivity index (χ0) is 16.8. The Kier molecular flexibility index (Phi) is 7.06. The zero-order valence-corrected chi connectivity index (χ0v) is 15.8. The number of nitrogens with zero attached hydrogens (tertiary/aromatic N) is 2. The molecule has 2 rings (SSSR count). The van der Waals surface area contributed by atoms with E-state index in [4.69, 9.17) is 0 Å². The Morgan fingerprint density at radius 1 is 1.26 bits per heavy atom. The summed E-state index contributed by atoms with van der Waals surface area (Å²) >= 11 is 1.63. The largest absolute Gasteiger partial charge is 0.351 e. The Morgan fingerprint density at radius 3 is 2.48 bits per heavy atom. The quantitative estimate of drug-likeness (QED) is 0.831. The average molecular weight is 338 g/mol. The molecule has 1 saturated heterocycles. The number of carbonyl (C=O) groups excluding carboxylic acids is 1. The molecule has 1 amide bonds. The molecular weight excluding hydrogens is 306 g/mol. The van der Waals surface area contributed by atoms with Crippen LogP contribution in [0, 0.1) is 12.8 Å². The number of rotatable bonds is 7. The number of thiophene rings is 1. The van der Waals surface area contributed by atoms with Crippen LogP contribution in [0.2, 0.25) is 0 Å². The van der Waals surface area contributed by atoms with Crippen molar-refractivity contribution >= 4 is 17.2 Å². The van der Waals surface area contributed by atoms with Gasteiger partial charge in [0.2, 0.25) is 0 Å². The van der Waals surface area contributed by atoms with Crippen LogP contribution in [-0.2, 0) is 6.42 Å². The third-order valence-electron chi connectivity index (χ3n) is 4.66. The van der Waals surface area contributed by atoms with Crippen LogP contribution in [0.15, 0.2) is 6.07 Å². The molecule has 4 nitrogen and oxygen atoms in total. The molecule has 0 bridgehead atoms. The van der Waals surface area contributed by atoms with E-state index in [0.717, 1.165) is 44.0 Å². The molecule has 0 unspecified atom stereocenters. The average Bonchev–Trinajstić information content (AvgIpc) is 2.94. The van der Waals surface area contributed by atoms with Crippen molar-refractivity contribution in [2.45, 2.75) is 34.1 Å². The van der Waals surface area contributed by atoms with E-state index in [1.807, 2.05) is 6.07 Å². The molecule has 2 heterocycles. The van der Waals surface area contributed by atoms with Crippen molar-refractivity contribution in [1.82, 2.24) is 15.1 Å². The summed E-state index contributed by atoms with van der Waals surface area (Å²) in [6, 6.07) is 2.02. The van der Waals surface area contributed by atoms with E-state index in [2.05, 4.69) is 42.8 Å². The maximum absolute atomic E-state index is 12.3. The lowest BCUT2D eigenvalue weighted by molar-refractivity contribution is 0.0937. The van der Waals surface area contributed by atoms with Gasteiger partial charge in [-0.05, 0) is 37.4 Å². The molecule has 1 N–H and O–H groups in total. The lowest BCUT2D eigenvalue weighted by Gasteiger charge is -2.35. The Balaban J connectivity index is 1.73. The second-order valence-electron chi connectivity index (χ2n) is 6.62. The van der Waals surface area contributed by atoms with Gasteiger partial charge in [0.1, 0.15) is 0 Å². The molecule has 0 aromatic carbocycles. The minimum absolute atomic E-state index is 0.0838. The van der Waals surface area contributed by atoms with E-state index in [0.29, 0.717) is 5.92 Å². The third-order valence-corrected chi connectivity index (χ3v) is 6.04. The molecule has 1 aromatic rings. The SMILES string of the molecule is CCc1sc(C(=O)NC[C@H](C)CN2CCN(CC)CC2)cc1C. The van der Waals surface area contributed by atoms with Gasteiger partial charge in [-0.1, -0.05) is 20.8 Å². The van der Waals surface area contributed by atoms with E-state index in [9.17, 15) is 4.79 Å². The van der Waals surface area contributed by atoms with Gasteiger partial charge in [0.15, 0.2) is 0 Å². The van der Waals surface area contributed by atoms with Gasteiger partial charge in [0, 0.05) is 44.1 Å². The molecular formula is C18H31N3OS. The Morgan fingerprint density at radius 2 is 1.91 bits per heavy atom. The molecule has 0 radical (unpaired) electrons. The van der Waals surface area contributed by atoms with Crippen LogP contribution in [0.3, 0.4) is 0 Å². The molecule has 1 aromatic heterocycles. The van der Waals surface area contributed by atoms with E-state index >= 15 is 0 Å². The lowest BCUT2D eigenvalue weighted by atomic mass is 10.1. The number of nitrogens with one attached hydrogen (secondary N) is 1. The number of amides is 1. The van der Waals surface area contributed by atoms with E-state index in [-0.39, 0.29) is 5.91 Å². The highest BCUT2D eigenvalue weighted by molar-refractivity contribution is 7.14. The molecule has 0 aliphatic carbocycles. The topological polar surface area (TPSA) is 35.6 Å². The minimum Gasteiger partial charge on any atom is -0.351 e.